The highest BCUT2D eigenvalue weighted by atomic mass is 16.5. The van der Waals surface area contributed by atoms with Gasteiger partial charge in [-0.25, -0.2) is 0 Å². The summed E-state index contributed by atoms with van der Waals surface area (Å²) in [6.07, 6.45) is 3.13. The van der Waals surface area contributed by atoms with E-state index in [0.29, 0.717) is 17.1 Å². The zero-order chi connectivity index (χ0) is 21.7. The van der Waals surface area contributed by atoms with Crippen LogP contribution < -0.4 is 4.57 Å². The number of rotatable bonds is 6. The van der Waals surface area contributed by atoms with Crippen molar-refractivity contribution in [3.63, 3.8) is 0 Å². The molecule has 0 radical (unpaired) electrons. The second-order valence-electron chi connectivity index (χ2n) is 6.59. The minimum atomic E-state index is -0.466. The van der Waals surface area contributed by atoms with Gasteiger partial charge in [0.25, 0.3) is 0 Å². The lowest BCUT2D eigenvalue weighted by atomic mass is 10.1. The predicted molar refractivity (Wildman–Crippen MR) is 112 cm³/mol. The molecule has 1 heterocycles. The monoisotopic (exact) mass is 404 g/mol. The van der Waals surface area contributed by atoms with Gasteiger partial charge >= 0.3 is 11.8 Å². The summed E-state index contributed by atoms with van der Waals surface area (Å²) in [6.45, 7) is 4.28. The summed E-state index contributed by atoms with van der Waals surface area (Å²) in [4.78, 5) is 23.8. The van der Waals surface area contributed by atoms with Crippen LogP contribution in [0.4, 0.5) is 0 Å². The Kier molecular flexibility index (Phi) is 6.22. The molecule has 1 aromatic heterocycles. The van der Waals surface area contributed by atoms with Gasteiger partial charge in [-0.15, -0.1) is 0 Å². The number of ketones is 1. The third-order valence-electron chi connectivity index (χ3n) is 4.19. The molecule has 0 atom stereocenters. The number of carbonyl (C=O) groups excluding carboxylic acids is 2. The zero-order valence-corrected chi connectivity index (χ0v) is 16.9. The molecule has 0 fully saturated rings. The summed E-state index contributed by atoms with van der Waals surface area (Å²) in [5.41, 5.74) is 1.30. The molecule has 7 heteroatoms. The molecule has 1 N–H and O–H groups in total. The molecule has 0 unspecified atom stereocenters. The van der Waals surface area contributed by atoms with Crippen molar-refractivity contribution in [1.29, 1.82) is 0 Å². The maximum Gasteiger partial charge on any atom is 0.310 e. The molecule has 0 aliphatic carbocycles. The van der Waals surface area contributed by atoms with Gasteiger partial charge in [-0.1, -0.05) is 53.2 Å². The number of carbonyl (C=O) groups is 2. The zero-order valence-electron chi connectivity index (χ0n) is 16.9. The number of benzene rings is 2. The quantitative estimate of drug-likeness (QED) is 0.294. The number of allylic oxidation sites excluding steroid dienone is 2. The van der Waals surface area contributed by atoms with Crippen LogP contribution in [0.15, 0.2) is 72.8 Å². The van der Waals surface area contributed by atoms with Gasteiger partial charge in [0, 0.05) is 19.4 Å². The van der Waals surface area contributed by atoms with Gasteiger partial charge in [0.05, 0.1) is 11.2 Å². The van der Waals surface area contributed by atoms with Gasteiger partial charge in [0.2, 0.25) is 6.33 Å². The van der Waals surface area contributed by atoms with E-state index >= 15 is 0 Å². The molecular formula is C23H22N3O4+. The second-order valence-corrected chi connectivity index (χ2v) is 6.59. The molecular weight excluding hydrogens is 382 g/mol. The van der Waals surface area contributed by atoms with E-state index in [2.05, 4.69) is 5.10 Å². The predicted octanol–water partition coefficient (Wildman–Crippen LogP) is 3.56. The molecule has 0 saturated heterocycles. The van der Waals surface area contributed by atoms with Crippen molar-refractivity contribution in [2.45, 2.75) is 20.8 Å². The number of para-hydroxylation sites is 1. The van der Waals surface area contributed by atoms with Crippen molar-refractivity contribution >= 4 is 29.3 Å². The Bertz CT molecular complexity index is 1130. The van der Waals surface area contributed by atoms with Gasteiger partial charge in [-0.3, -0.25) is 9.59 Å². The second kappa shape index (κ2) is 9.00. The van der Waals surface area contributed by atoms with Crippen LogP contribution in [-0.4, -0.2) is 26.6 Å². The molecule has 0 saturated carbocycles. The highest BCUT2D eigenvalue weighted by Gasteiger charge is 2.26. The lowest BCUT2D eigenvalue weighted by Gasteiger charge is -2.06. The SMILES string of the molecule is CC(=O)O/C(C)=C/c1nn(-c2ccccc2)c[n+]1/C(C(C)=O)=C(/O)c1ccccc1. The molecule has 3 rings (SSSR count). The van der Waals surface area contributed by atoms with Crippen LogP contribution in [0.5, 0.6) is 0 Å². The van der Waals surface area contributed by atoms with E-state index in [4.69, 9.17) is 4.74 Å². The van der Waals surface area contributed by atoms with Gasteiger partial charge in [0.1, 0.15) is 11.4 Å². The standard InChI is InChI=1S/C23H21N3O4/c1-16(30-18(3)28)14-21-24-26(20-12-8-5-9-13-20)15-25(21)22(17(2)27)23(29)19-10-6-4-7-11-19/h4-15H,1-3H3/p+1/b16-14+. The maximum absolute atomic E-state index is 12.5. The van der Waals surface area contributed by atoms with Gasteiger partial charge in [-0.05, 0) is 19.1 Å². The molecule has 0 aliphatic heterocycles. The van der Waals surface area contributed by atoms with Crippen molar-refractivity contribution in [2.24, 2.45) is 0 Å². The van der Waals surface area contributed by atoms with Crippen molar-refractivity contribution in [1.82, 2.24) is 9.78 Å². The van der Waals surface area contributed by atoms with Gasteiger partial charge in [-0.2, -0.15) is 4.57 Å². The Morgan fingerprint density at radius 3 is 2.17 bits per heavy atom. The van der Waals surface area contributed by atoms with Crippen LogP contribution in [0.1, 0.15) is 32.2 Å². The summed E-state index contributed by atoms with van der Waals surface area (Å²) in [7, 11) is 0. The molecule has 7 nitrogen and oxygen atoms in total. The van der Waals surface area contributed by atoms with E-state index in [9.17, 15) is 14.7 Å². The summed E-state index contributed by atoms with van der Waals surface area (Å²) in [5.74, 6) is -0.386. The van der Waals surface area contributed by atoms with Gasteiger partial charge < -0.3 is 9.84 Å². The Morgan fingerprint density at radius 2 is 1.60 bits per heavy atom. The molecule has 0 amide bonds. The topological polar surface area (TPSA) is 85.3 Å². The summed E-state index contributed by atoms with van der Waals surface area (Å²) >= 11 is 0. The van der Waals surface area contributed by atoms with Crippen molar-refractivity contribution in [2.75, 3.05) is 0 Å². The fourth-order valence-electron chi connectivity index (χ4n) is 2.95. The van der Waals surface area contributed by atoms with E-state index in [0.717, 1.165) is 5.69 Å². The maximum atomic E-state index is 12.5. The molecule has 0 bridgehead atoms. The van der Waals surface area contributed by atoms with Crippen molar-refractivity contribution < 1.29 is 24.0 Å². The number of hydrogen-bond donors (Lipinski definition) is 1. The lowest BCUT2D eigenvalue weighted by Crippen LogP contribution is -2.38. The fraction of sp³-hybridized carbons (Fsp3) is 0.130. The highest BCUT2D eigenvalue weighted by molar-refractivity contribution is 6.16. The van der Waals surface area contributed by atoms with Crippen molar-refractivity contribution in [3.8, 4) is 5.69 Å². The average molecular weight is 404 g/mol. The summed E-state index contributed by atoms with van der Waals surface area (Å²) in [5, 5.41) is 15.4. The number of aromatic nitrogens is 3. The van der Waals surface area contributed by atoms with E-state index in [1.54, 1.807) is 42.2 Å². The van der Waals surface area contributed by atoms with Crippen LogP contribution in [0.2, 0.25) is 0 Å². The molecule has 152 valence electrons. The Hall–Kier alpha value is -4.00. The number of aliphatic hydroxyl groups is 1. The minimum absolute atomic E-state index is 0.0465. The van der Waals surface area contributed by atoms with Crippen LogP contribution in [0, 0.1) is 0 Å². The summed E-state index contributed by atoms with van der Waals surface area (Å²) in [6, 6.07) is 18.1. The largest absolute Gasteiger partial charge is 0.504 e. The molecule has 2 aromatic carbocycles. The molecule has 0 spiro atoms. The van der Waals surface area contributed by atoms with E-state index in [1.165, 1.54) is 24.5 Å². The molecule has 30 heavy (non-hydrogen) atoms. The van der Waals surface area contributed by atoms with Crippen molar-refractivity contribution in [3.05, 3.63) is 84.1 Å². The van der Waals surface area contributed by atoms with Crippen LogP contribution in [-0.2, 0) is 14.3 Å². The first-order valence-corrected chi connectivity index (χ1v) is 9.30. The number of esters is 1. The lowest BCUT2D eigenvalue weighted by molar-refractivity contribution is -0.580. The number of Topliss-reactive ketones (excluding diaryl/α,β-unsaturated/α-hetero) is 1. The highest BCUT2D eigenvalue weighted by Crippen LogP contribution is 2.18. The third kappa shape index (κ3) is 4.70. The normalized spacial score (nSPS) is 12.3. The van der Waals surface area contributed by atoms with Crippen LogP contribution >= 0.6 is 0 Å². The molecule has 3 aromatic rings. The number of ether oxygens (including phenoxy) is 1. The van der Waals surface area contributed by atoms with E-state index < -0.39 is 5.97 Å². The third-order valence-corrected chi connectivity index (χ3v) is 4.19. The smallest absolute Gasteiger partial charge is 0.310 e. The first kappa shape index (κ1) is 20.7. The van der Waals surface area contributed by atoms with E-state index in [1.807, 2.05) is 36.4 Å². The first-order valence-electron chi connectivity index (χ1n) is 9.30. The first-order chi connectivity index (χ1) is 14.4. The number of nitrogens with zero attached hydrogens (tertiary/aromatic N) is 3. The average Bonchev–Trinajstić information content (AvgIpc) is 3.11. The van der Waals surface area contributed by atoms with Crippen LogP contribution in [0.3, 0.4) is 0 Å². The van der Waals surface area contributed by atoms with Gasteiger partial charge in [0.15, 0.2) is 17.2 Å². The number of hydrogen-bond acceptors (Lipinski definition) is 5. The fourth-order valence-corrected chi connectivity index (χ4v) is 2.95. The summed E-state index contributed by atoms with van der Waals surface area (Å²) < 4.78 is 8.16. The van der Waals surface area contributed by atoms with E-state index in [-0.39, 0.29) is 17.2 Å². The Balaban J connectivity index is 2.23. The Morgan fingerprint density at radius 1 is 1.00 bits per heavy atom. The number of aliphatic hydroxyl groups excluding tert-OH is 1. The van der Waals surface area contributed by atoms with Crippen LogP contribution in [0.25, 0.3) is 23.2 Å². The molecule has 0 aliphatic rings. The Labute approximate surface area is 174 Å². The minimum Gasteiger partial charge on any atom is -0.504 e.